The van der Waals surface area contributed by atoms with Gasteiger partial charge in [0.2, 0.25) is 0 Å². The van der Waals surface area contributed by atoms with Gasteiger partial charge in [-0.05, 0) is 18.1 Å². The van der Waals surface area contributed by atoms with Crippen molar-refractivity contribution in [1.29, 1.82) is 0 Å². The van der Waals surface area contributed by atoms with Gasteiger partial charge in [0, 0.05) is 12.0 Å². The summed E-state index contributed by atoms with van der Waals surface area (Å²) < 4.78 is 5.64. The number of hydrogen-bond acceptors (Lipinski definition) is 2. The molecule has 2 nitrogen and oxygen atoms in total. The molecule has 1 atom stereocenters. The molecule has 0 saturated carbocycles. The summed E-state index contributed by atoms with van der Waals surface area (Å²) in [7, 11) is 0. The topological polar surface area (TPSA) is 26.3 Å². The molecule has 1 fully saturated rings. The summed E-state index contributed by atoms with van der Waals surface area (Å²) in [5.74, 6) is 0. The summed E-state index contributed by atoms with van der Waals surface area (Å²) in [5, 5.41) is 0. The highest BCUT2D eigenvalue weighted by Gasteiger charge is 2.38. The zero-order chi connectivity index (χ0) is 10.0. The molecule has 1 aliphatic heterocycles. The van der Waals surface area contributed by atoms with Crippen LogP contribution in [0.1, 0.15) is 35.7 Å². The van der Waals surface area contributed by atoms with E-state index in [0.717, 1.165) is 36.9 Å². The van der Waals surface area contributed by atoms with Crippen molar-refractivity contribution in [2.45, 2.75) is 25.4 Å². The minimum Gasteiger partial charge on any atom is -0.370 e. The Morgan fingerprint density at radius 1 is 1.57 bits per heavy atom. The van der Waals surface area contributed by atoms with Crippen molar-refractivity contribution in [3.05, 3.63) is 35.4 Å². The fourth-order valence-electron chi connectivity index (χ4n) is 1.95. The molecule has 0 aliphatic carbocycles. The number of carbonyl (C=O) groups excluding carboxylic acids is 1. The molecule has 1 heterocycles. The van der Waals surface area contributed by atoms with E-state index in [0.29, 0.717) is 0 Å². The first kappa shape index (κ1) is 9.41. The predicted molar refractivity (Wildman–Crippen MR) is 54.4 cm³/mol. The van der Waals surface area contributed by atoms with E-state index >= 15 is 0 Å². The number of benzene rings is 1. The highest BCUT2D eigenvalue weighted by Crippen LogP contribution is 2.40. The summed E-state index contributed by atoms with van der Waals surface area (Å²) in [5.41, 5.74) is 1.75. The van der Waals surface area contributed by atoms with Crippen molar-refractivity contribution in [2.75, 3.05) is 6.61 Å². The van der Waals surface area contributed by atoms with Crippen LogP contribution in [0.25, 0.3) is 0 Å². The Bertz CT molecular complexity index is 334. The molecule has 0 spiro atoms. The monoisotopic (exact) mass is 190 g/mol. The lowest BCUT2D eigenvalue weighted by molar-refractivity contribution is -0.156. The Balaban J connectivity index is 2.34. The highest BCUT2D eigenvalue weighted by molar-refractivity contribution is 5.75. The van der Waals surface area contributed by atoms with Gasteiger partial charge in [0.25, 0.3) is 0 Å². The molecular weight excluding hydrogens is 176 g/mol. The van der Waals surface area contributed by atoms with Gasteiger partial charge in [0.1, 0.15) is 6.29 Å². The van der Waals surface area contributed by atoms with E-state index < -0.39 is 0 Å². The van der Waals surface area contributed by atoms with Gasteiger partial charge in [0.15, 0.2) is 0 Å². The lowest BCUT2D eigenvalue weighted by Gasteiger charge is -2.42. The van der Waals surface area contributed by atoms with E-state index in [-0.39, 0.29) is 5.60 Å². The van der Waals surface area contributed by atoms with Crippen molar-refractivity contribution in [1.82, 2.24) is 0 Å². The van der Waals surface area contributed by atoms with Crippen LogP contribution >= 0.6 is 0 Å². The standard InChI is InChI=1S/C12H14O2/c1-2-12(6-7-14-12)11-5-3-4-10(8-11)9-13/h3-5,8-9H,2,6-7H2,1H3. The molecule has 0 radical (unpaired) electrons. The molecule has 74 valence electrons. The van der Waals surface area contributed by atoms with E-state index in [2.05, 4.69) is 6.92 Å². The van der Waals surface area contributed by atoms with Crippen LogP contribution in [-0.4, -0.2) is 12.9 Å². The first-order valence-electron chi connectivity index (χ1n) is 5.00. The largest absolute Gasteiger partial charge is 0.370 e. The van der Waals surface area contributed by atoms with E-state index in [1.165, 1.54) is 0 Å². The first-order chi connectivity index (χ1) is 6.80. The smallest absolute Gasteiger partial charge is 0.150 e. The molecule has 0 amide bonds. The van der Waals surface area contributed by atoms with Crippen LogP contribution in [0.2, 0.25) is 0 Å². The Morgan fingerprint density at radius 3 is 2.86 bits per heavy atom. The van der Waals surface area contributed by atoms with Gasteiger partial charge < -0.3 is 4.74 Å². The number of rotatable bonds is 3. The third-order valence-electron chi connectivity index (χ3n) is 3.00. The summed E-state index contributed by atoms with van der Waals surface area (Å²) in [6.45, 7) is 2.95. The Morgan fingerprint density at radius 2 is 2.36 bits per heavy atom. The summed E-state index contributed by atoms with van der Waals surface area (Å²) in [4.78, 5) is 10.6. The SMILES string of the molecule is CCC1(c2cccc(C=O)c2)CCO1. The van der Waals surface area contributed by atoms with Crippen LogP contribution in [0, 0.1) is 0 Å². The van der Waals surface area contributed by atoms with Crippen LogP contribution in [0.15, 0.2) is 24.3 Å². The van der Waals surface area contributed by atoms with Gasteiger partial charge in [-0.3, -0.25) is 4.79 Å². The molecule has 2 heteroatoms. The summed E-state index contributed by atoms with van der Waals surface area (Å²) in [6, 6.07) is 7.70. The molecular formula is C12H14O2. The third-order valence-corrected chi connectivity index (χ3v) is 3.00. The maximum atomic E-state index is 10.6. The van der Waals surface area contributed by atoms with Gasteiger partial charge >= 0.3 is 0 Å². The van der Waals surface area contributed by atoms with Gasteiger partial charge in [0.05, 0.1) is 12.2 Å². The summed E-state index contributed by atoms with van der Waals surface area (Å²) >= 11 is 0. The Kier molecular flexibility index (Phi) is 2.38. The molecule has 1 saturated heterocycles. The van der Waals surface area contributed by atoms with E-state index in [4.69, 9.17) is 4.74 Å². The van der Waals surface area contributed by atoms with Crippen LogP contribution in [0.5, 0.6) is 0 Å². The molecule has 1 aliphatic rings. The fraction of sp³-hybridized carbons (Fsp3) is 0.417. The summed E-state index contributed by atoms with van der Waals surface area (Å²) in [6.07, 6.45) is 2.91. The fourth-order valence-corrected chi connectivity index (χ4v) is 1.95. The molecule has 1 unspecified atom stereocenters. The van der Waals surface area contributed by atoms with E-state index in [1.807, 2.05) is 24.3 Å². The number of ether oxygens (including phenoxy) is 1. The third kappa shape index (κ3) is 1.36. The van der Waals surface area contributed by atoms with Gasteiger partial charge in [-0.15, -0.1) is 0 Å². The maximum Gasteiger partial charge on any atom is 0.150 e. The van der Waals surface area contributed by atoms with Crippen LogP contribution in [-0.2, 0) is 10.3 Å². The first-order valence-corrected chi connectivity index (χ1v) is 5.00. The Labute approximate surface area is 83.9 Å². The molecule has 2 rings (SSSR count). The van der Waals surface area contributed by atoms with Crippen molar-refractivity contribution in [3.8, 4) is 0 Å². The van der Waals surface area contributed by atoms with Gasteiger partial charge in [-0.2, -0.15) is 0 Å². The molecule has 14 heavy (non-hydrogen) atoms. The predicted octanol–water partition coefficient (Wildman–Crippen LogP) is 2.52. The average Bonchev–Trinajstić information content (AvgIpc) is 2.18. The quantitative estimate of drug-likeness (QED) is 0.684. The molecule has 0 N–H and O–H groups in total. The van der Waals surface area contributed by atoms with Crippen LogP contribution in [0.3, 0.4) is 0 Å². The number of carbonyl (C=O) groups is 1. The van der Waals surface area contributed by atoms with Crippen molar-refractivity contribution >= 4 is 6.29 Å². The molecule has 1 aromatic carbocycles. The Hall–Kier alpha value is -1.15. The normalized spacial score (nSPS) is 25.5. The lowest BCUT2D eigenvalue weighted by Crippen LogP contribution is -2.40. The molecule has 0 bridgehead atoms. The maximum absolute atomic E-state index is 10.6. The lowest BCUT2D eigenvalue weighted by atomic mass is 9.83. The number of hydrogen-bond donors (Lipinski definition) is 0. The van der Waals surface area contributed by atoms with Crippen molar-refractivity contribution < 1.29 is 9.53 Å². The molecule has 0 aromatic heterocycles. The van der Waals surface area contributed by atoms with Crippen LogP contribution in [0.4, 0.5) is 0 Å². The minimum atomic E-state index is -0.112. The second kappa shape index (κ2) is 3.54. The van der Waals surface area contributed by atoms with Gasteiger partial charge in [-0.25, -0.2) is 0 Å². The van der Waals surface area contributed by atoms with Crippen molar-refractivity contribution in [3.63, 3.8) is 0 Å². The van der Waals surface area contributed by atoms with E-state index in [1.54, 1.807) is 0 Å². The van der Waals surface area contributed by atoms with Crippen molar-refractivity contribution in [2.24, 2.45) is 0 Å². The van der Waals surface area contributed by atoms with E-state index in [9.17, 15) is 4.79 Å². The zero-order valence-corrected chi connectivity index (χ0v) is 8.32. The number of aldehydes is 1. The minimum absolute atomic E-state index is 0.112. The van der Waals surface area contributed by atoms with Crippen LogP contribution < -0.4 is 0 Å². The second-order valence-electron chi connectivity index (χ2n) is 3.69. The molecule has 1 aromatic rings. The average molecular weight is 190 g/mol. The highest BCUT2D eigenvalue weighted by atomic mass is 16.5. The second-order valence-corrected chi connectivity index (χ2v) is 3.69. The zero-order valence-electron chi connectivity index (χ0n) is 8.32. The van der Waals surface area contributed by atoms with Gasteiger partial charge in [-0.1, -0.05) is 25.1 Å².